The highest BCUT2D eigenvalue weighted by atomic mass is 32.2. The van der Waals surface area contributed by atoms with Crippen molar-refractivity contribution in [2.45, 2.75) is 57.6 Å². The minimum atomic E-state index is -4.36. The standard InChI is InChI=1S/C23H28N2O8S/c1-15(2)14-20(33-34(30,31)19-12-10-18(11-13-19)25(28)29)21(26)24-17-8-6-16(7-9-17)22(27)32-23(3,4)5/h6-13,15,20H,14H2,1-5H3,(H,24,26). The molecule has 0 aromatic heterocycles. The van der Waals surface area contributed by atoms with Crippen LogP contribution in [0.5, 0.6) is 0 Å². The molecule has 1 atom stereocenters. The molecule has 0 bridgehead atoms. The van der Waals surface area contributed by atoms with Crippen LogP contribution in [-0.2, 0) is 23.8 Å². The number of benzene rings is 2. The lowest BCUT2D eigenvalue weighted by Gasteiger charge is -2.20. The molecule has 0 saturated carbocycles. The highest BCUT2D eigenvalue weighted by Crippen LogP contribution is 2.22. The van der Waals surface area contributed by atoms with Crippen molar-refractivity contribution in [1.82, 2.24) is 0 Å². The summed E-state index contributed by atoms with van der Waals surface area (Å²) in [5.41, 5.74) is -0.295. The lowest BCUT2D eigenvalue weighted by molar-refractivity contribution is -0.384. The zero-order valence-corrected chi connectivity index (χ0v) is 20.4. The van der Waals surface area contributed by atoms with Gasteiger partial charge in [0.1, 0.15) is 5.60 Å². The highest BCUT2D eigenvalue weighted by molar-refractivity contribution is 7.86. The molecule has 0 aliphatic rings. The molecule has 2 aromatic carbocycles. The number of carbonyl (C=O) groups excluding carboxylic acids is 2. The van der Waals surface area contributed by atoms with Crippen LogP contribution in [0, 0.1) is 16.0 Å². The van der Waals surface area contributed by atoms with Gasteiger partial charge in [0.25, 0.3) is 21.7 Å². The summed E-state index contributed by atoms with van der Waals surface area (Å²) in [6.45, 7) is 8.85. The van der Waals surface area contributed by atoms with E-state index in [9.17, 15) is 28.1 Å². The van der Waals surface area contributed by atoms with Gasteiger partial charge in [0.15, 0.2) is 6.10 Å². The van der Waals surface area contributed by atoms with Crippen molar-refractivity contribution in [1.29, 1.82) is 0 Å². The Balaban J connectivity index is 2.16. The summed E-state index contributed by atoms with van der Waals surface area (Å²) in [6.07, 6.45) is -1.24. The van der Waals surface area contributed by atoms with Gasteiger partial charge in [-0.15, -0.1) is 0 Å². The van der Waals surface area contributed by atoms with E-state index in [0.717, 1.165) is 24.3 Å². The summed E-state index contributed by atoms with van der Waals surface area (Å²) >= 11 is 0. The molecule has 184 valence electrons. The van der Waals surface area contributed by atoms with E-state index in [0.29, 0.717) is 11.3 Å². The monoisotopic (exact) mass is 492 g/mol. The first kappa shape index (κ1) is 26.9. The molecule has 34 heavy (non-hydrogen) atoms. The molecule has 0 radical (unpaired) electrons. The van der Waals surface area contributed by atoms with Gasteiger partial charge in [-0.2, -0.15) is 8.42 Å². The molecule has 1 unspecified atom stereocenters. The van der Waals surface area contributed by atoms with Gasteiger partial charge in [-0.3, -0.25) is 19.1 Å². The van der Waals surface area contributed by atoms with Crippen molar-refractivity contribution in [3.63, 3.8) is 0 Å². The lowest BCUT2D eigenvalue weighted by atomic mass is 10.1. The van der Waals surface area contributed by atoms with Gasteiger partial charge >= 0.3 is 5.97 Å². The number of hydrogen-bond acceptors (Lipinski definition) is 8. The molecular formula is C23H28N2O8S. The summed E-state index contributed by atoms with van der Waals surface area (Å²) in [7, 11) is -4.36. The van der Waals surface area contributed by atoms with Crippen molar-refractivity contribution < 1.29 is 31.9 Å². The molecule has 0 aliphatic heterocycles. The molecule has 1 amide bonds. The predicted octanol–water partition coefficient (Wildman–Crippen LogP) is 4.31. The molecule has 0 heterocycles. The Bertz CT molecular complexity index is 1130. The summed E-state index contributed by atoms with van der Waals surface area (Å²) in [5, 5.41) is 13.4. The zero-order chi connectivity index (χ0) is 25.7. The summed E-state index contributed by atoms with van der Waals surface area (Å²) < 4.78 is 35.8. The Labute approximate surface area is 198 Å². The average Bonchev–Trinajstić information content (AvgIpc) is 2.72. The van der Waals surface area contributed by atoms with E-state index in [1.54, 1.807) is 34.6 Å². The maximum atomic E-state index is 12.8. The predicted molar refractivity (Wildman–Crippen MR) is 125 cm³/mol. The molecule has 1 N–H and O–H groups in total. The number of anilines is 1. The van der Waals surface area contributed by atoms with Crippen molar-refractivity contribution in [3.8, 4) is 0 Å². The van der Waals surface area contributed by atoms with Gasteiger partial charge < -0.3 is 10.1 Å². The quantitative estimate of drug-likeness (QED) is 0.236. The minimum absolute atomic E-state index is 0.0719. The largest absolute Gasteiger partial charge is 0.456 e. The Kier molecular flexibility index (Phi) is 8.51. The van der Waals surface area contributed by atoms with Crippen molar-refractivity contribution in [3.05, 3.63) is 64.2 Å². The summed E-state index contributed by atoms with van der Waals surface area (Å²) in [4.78, 5) is 34.8. The first-order chi connectivity index (χ1) is 15.7. The van der Waals surface area contributed by atoms with E-state index in [4.69, 9.17) is 8.92 Å². The summed E-state index contributed by atoms with van der Waals surface area (Å²) in [5.74, 6) is -1.28. The van der Waals surface area contributed by atoms with E-state index >= 15 is 0 Å². The number of nitro groups is 1. The second-order valence-electron chi connectivity index (χ2n) is 8.99. The number of hydrogen-bond donors (Lipinski definition) is 1. The van der Waals surface area contributed by atoms with Crippen LogP contribution in [0.25, 0.3) is 0 Å². The number of non-ortho nitro benzene ring substituents is 1. The van der Waals surface area contributed by atoms with Crippen molar-refractivity contribution >= 4 is 33.4 Å². The second-order valence-corrected chi connectivity index (χ2v) is 10.6. The van der Waals surface area contributed by atoms with Crippen LogP contribution in [0.2, 0.25) is 0 Å². The number of nitrogens with one attached hydrogen (secondary N) is 1. The Hall–Kier alpha value is -3.31. The van der Waals surface area contributed by atoms with Gasteiger partial charge in [0.2, 0.25) is 0 Å². The second kappa shape index (κ2) is 10.7. The molecule has 0 saturated heterocycles. The van der Waals surface area contributed by atoms with Crippen LogP contribution in [0.15, 0.2) is 53.4 Å². The topological polar surface area (TPSA) is 142 Å². The Morgan fingerprint density at radius 1 is 1.03 bits per heavy atom. The number of nitrogens with zero attached hydrogens (tertiary/aromatic N) is 1. The molecule has 2 aromatic rings. The van der Waals surface area contributed by atoms with Crippen molar-refractivity contribution in [2.75, 3.05) is 5.32 Å². The molecule has 0 aliphatic carbocycles. The van der Waals surface area contributed by atoms with Crippen molar-refractivity contribution in [2.24, 2.45) is 5.92 Å². The van der Waals surface area contributed by atoms with Crippen LogP contribution < -0.4 is 5.32 Å². The number of ether oxygens (including phenoxy) is 1. The van der Waals surface area contributed by atoms with Gasteiger partial charge in [0, 0.05) is 17.8 Å². The summed E-state index contributed by atoms with van der Waals surface area (Å²) in [6, 6.07) is 10.1. The minimum Gasteiger partial charge on any atom is -0.456 e. The number of esters is 1. The molecule has 10 nitrogen and oxygen atoms in total. The van der Waals surface area contributed by atoms with Crippen LogP contribution in [-0.4, -0.2) is 36.9 Å². The van der Waals surface area contributed by atoms with E-state index in [2.05, 4.69) is 5.32 Å². The van der Waals surface area contributed by atoms with Gasteiger partial charge in [0.05, 0.1) is 15.4 Å². The first-order valence-corrected chi connectivity index (χ1v) is 11.9. The van der Waals surface area contributed by atoms with Crippen LogP contribution in [0.4, 0.5) is 11.4 Å². The van der Waals surface area contributed by atoms with Gasteiger partial charge in [-0.25, -0.2) is 4.79 Å². The number of carbonyl (C=O) groups is 2. The normalized spacial score (nSPS) is 12.8. The molecule has 0 spiro atoms. The molecule has 2 rings (SSSR count). The smallest absolute Gasteiger partial charge is 0.338 e. The third kappa shape index (κ3) is 7.92. The van der Waals surface area contributed by atoms with E-state index in [1.807, 2.05) is 0 Å². The van der Waals surface area contributed by atoms with E-state index in [1.165, 1.54) is 24.3 Å². The SMILES string of the molecule is CC(C)CC(OS(=O)(=O)c1ccc([N+](=O)[O-])cc1)C(=O)Nc1ccc(C(=O)OC(C)(C)C)cc1. The highest BCUT2D eigenvalue weighted by Gasteiger charge is 2.29. The fraction of sp³-hybridized carbons (Fsp3) is 0.391. The lowest BCUT2D eigenvalue weighted by Crippen LogP contribution is -2.33. The maximum absolute atomic E-state index is 12.8. The van der Waals surface area contributed by atoms with Crippen LogP contribution >= 0.6 is 0 Å². The maximum Gasteiger partial charge on any atom is 0.338 e. The van der Waals surface area contributed by atoms with E-state index in [-0.39, 0.29) is 22.9 Å². The van der Waals surface area contributed by atoms with Crippen LogP contribution in [0.3, 0.4) is 0 Å². The molecule has 11 heteroatoms. The Morgan fingerprint density at radius 3 is 2.06 bits per heavy atom. The Morgan fingerprint density at radius 2 is 1.59 bits per heavy atom. The fourth-order valence-corrected chi connectivity index (χ4v) is 3.86. The molecule has 0 fully saturated rings. The molecular weight excluding hydrogens is 464 g/mol. The number of nitro benzene ring substituents is 1. The third-order valence-corrected chi connectivity index (χ3v) is 5.68. The van der Waals surface area contributed by atoms with E-state index < -0.39 is 38.6 Å². The van der Waals surface area contributed by atoms with Crippen LogP contribution in [0.1, 0.15) is 51.4 Å². The average molecular weight is 493 g/mol. The van der Waals surface area contributed by atoms with Gasteiger partial charge in [-0.05, 0) is 69.5 Å². The fourth-order valence-electron chi connectivity index (χ4n) is 2.81. The number of rotatable bonds is 9. The number of amides is 1. The first-order valence-electron chi connectivity index (χ1n) is 10.5. The zero-order valence-electron chi connectivity index (χ0n) is 19.6. The van der Waals surface area contributed by atoms with Gasteiger partial charge in [-0.1, -0.05) is 13.8 Å². The third-order valence-electron chi connectivity index (χ3n) is 4.34.